The van der Waals surface area contributed by atoms with Crippen LogP contribution in [0.25, 0.3) is 10.9 Å². The molecule has 1 aliphatic carbocycles. The number of rotatable bonds is 5. The first-order chi connectivity index (χ1) is 17.5. The lowest BCUT2D eigenvalue weighted by molar-refractivity contribution is -0.135. The molecule has 2 amide bonds. The van der Waals surface area contributed by atoms with E-state index in [1.54, 1.807) is 7.11 Å². The number of methoxy groups -OCH3 is 1. The van der Waals surface area contributed by atoms with Crippen molar-refractivity contribution in [1.29, 1.82) is 0 Å². The number of aromatic nitrogens is 1. The summed E-state index contributed by atoms with van der Waals surface area (Å²) in [6.45, 7) is 3.50. The van der Waals surface area contributed by atoms with Gasteiger partial charge in [0.05, 0.1) is 31.3 Å². The summed E-state index contributed by atoms with van der Waals surface area (Å²) < 4.78 is 13.2. The zero-order valence-electron chi connectivity index (χ0n) is 21.0. The van der Waals surface area contributed by atoms with Crippen LogP contribution in [0, 0.1) is 0 Å². The van der Waals surface area contributed by atoms with Gasteiger partial charge < -0.3 is 24.3 Å². The molecule has 1 aromatic heterocycles. The summed E-state index contributed by atoms with van der Waals surface area (Å²) in [4.78, 5) is 30.2. The van der Waals surface area contributed by atoms with E-state index in [4.69, 9.17) is 9.47 Å². The molecule has 0 spiro atoms. The maximum Gasteiger partial charge on any atom is 0.271 e. The highest BCUT2D eigenvalue weighted by molar-refractivity contribution is 6.04. The number of fused-ring (bicyclic) bond motifs is 4. The molecule has 2 aromatic carbocycles. The zero-order valence-corrected chi connectivity index (χ0v) is 21.0. The van der Waals surface area contributed by atoms with Crippen LogP contribution in [0.1, 0.15) is 60.3 Å². The van der Waals surface area contributed by atoms with E-state index in [-0.39, 0.29) is 24.0 Å². The summed E-state index contributed by atoms with van der Waals surface area (Å²) >= 11 is 0. The Labute approximate surface area is 211 Å². The Morgan fingerprint density at radius 3 is 2.83 bits per heavy atom. The highest BCUT2D eigenvalue weighted by Crippen LogP contribution is 2.43. The second-order valence-corrected chi connectivity index (χ2v) is 10.4. The Bertz CT molecular complexity index is 1330. The highest BCUT2D eigenvalue weighted by Gasteiger charge is 2.51. The Morgan fingerprint density at radius 2 is 2.03 bits per heavy atom. The van der Waals surface area contributed by atoms with Crippen LogP contribution in [0.2, 0.25) is 0 Å². The van der Waals surface area contributed by atoms with Gasteiger partial charge in [0.2, 0.25) is 5.91 Å². The van der Waals surface area contributed by atoms with E-state index >= 15 is 0 Å². The fourth-order valence-corrected chi connectivity index (χ4v) is 6.31. The molecule has 3 aliphatic rings. The molecule has 0 saturated carbocycles. The Balaban J connectivity index is 1.45. The molecule has 3 aromatic rings. The van der Waals surface area contributed by atoms with Gasteiger partial charge in [-0.25, -0.2) is 0 Å². The Morgan fingerprint density at radius 1 is 1.17 bits per heavy atom. The average Bonchev–Trinajstić information content (AvgIpc) is 3.55. The van der Waals surface area contributed by atoms with Gasteiger partial charge in [-0.1, -0.05) is 24.3 Å². The maximum atomic E-state index is 14.3. The third kappa shape index (κ3) is 3.68. The largest absolute Gasteiger partial charge is 0.497 e. The van der Waals surface area contributed by atoms with Crippen LogP contribution in [-0.4, -0.2) is 53.2 Å². The predicted molar refractivity (Wildman–Crippen MR) is 137 cm³/mol. The summed E-state index contributed by atoms with van der Waals surface area (Å²) in [5, 5.41) is 4.11. The number of nitrogens with zero attached hydrogens (tertiary/aromatic N) is 2. The van der Waals surface area contributed by atoms with E-state index < -0.39 is 5.54 Å². The molecule has 7 nitrogen and oxygen atoms in total. The number of hydrogen-bond acceptors (Lipinski definition) is 4. The van der Waals surface area contributed by atoms with Crippen LogP contribution in [0.4, 0.5) is 0 Å². The standard InChI is InChI=1S/C29H33N3O4/c1-29(28(34)30-17-22-9-6-14-36-22)18-31-25-16-21(35-2)13-12-20(25)15-26(31)27(33)32(29)24-11-5-8-19-7-3-4-10-23(19)24/h3-4,7,10,12-13,15-16,22,24H,5-6,8-9,11,14,17-18H2,1-2H3,(H,30,34)/t22-,24-,29-/m1/s1. The molecular weight excluding hydrogens is 454 g/mol. The van der Waals surface area contributed by atoms with Gasteiger partial charge in [-0.2, -0.15) is 0 Å². The van der Waals surface area contributed by atoms with Crippen molar-refractivity contribution >= 4 is 22.7 Å². The molecular formula is C29H33N3O4. The third-order valence-electron chi connectivity index (χ3n) is 8.20. The first-order valence-electron chi connectivity index (χ1n) is 13.0. The minimum Gasteiger partial charge on any atom is -0.497 e. The number of hydrogen-bond donors (Lipinski definition) is 1. The summed E-state index contributed by atoms with van der Waals surface area (Å²) in [7, 11) is 1.64. The lowest BCUT2D eigenvalue weighted by Crippen LogP contribution is -2.65. The molecule has 1 saturated heterocycles. The monoisotopic (exact) mass is 487 g/mol. The number of nitrogens with one attached hydrogen (secondary N) is 1. The molecule has 188 valence electrons. The fraction of sp³-hybridized carbons (Fsp3) is 0.448. The van der Waals surface area contributed by atoms with E-state index in [0.29, 0.717) is 18.8 Å². The molecule has 3 atom stereocenters. The first-order valence-corrected chi connectivity index (χ1v) is 13.0. The van der Waals surface area contributed by atoms with Crippen LogP contribution >= 0.6 is 0 Å². The van der Waals surface area contributed by atoms with Crippen LogP contribution < -0.4 is 10.1 Å². The van der Waals surface area contributed by atoms with Crippen molar-refractivity contribution in [2.24, 2.45) is 0 Å². The van der Waals surface area contributed by atoms with Gasteiger partial charge >= 0.3 is 0 Å². The zero-order chi connectivity index (χ0) is 24.9. The average molecular weight is 488 g/mol. The van der Waals surface area contributed by atoms with Crippen molar-refractivity contribution in [3.63, 3.8) is 0 Å². The van der Waals surface area contributed by atoms with Gasteiger partial charge in [-0.3, -0.25) is 9.59 Å². The number of benzene rings is 2. The second-order valence-electron chi connectivity index (χ2n) is 10.4. The molecule has 36 heavy (non-hydrogen) atoms. The molecule has 6 rings (SSSR count). The van der Waals surface area contributed by atoms with Gasteiger partial charge in [0.15, 0.2) is 0 Å². The van der Waals surface area contributed by atoms with Gasteiger partial charge in [0.25, 0.3) is 5.91 Å². The lowest BCUT2D eigenvalue weighted by atomic mass is 9.82. The molecule has 1 fully saturated rings. The highest BCUT2D eigenvalue weighted by atomic mass is 16.5. The van der Waals surface area contributed by atoms with E-state index in [1.807, 2.05) is 46.7 Å². The van der Waals surface area contributed by atoms with Crippen LogP contribution in [0.3, 0.4) is 0 Å². The summed E-state index contributed by atoms with van der Waals surface area (Å²) in [5.74, 6) is 0.488. The van der Waals surface area contributed by atoms with Crippen molar-refractivity contribution in [1.82, 2.24) is 14.8 Å². The van der Waals surface area contributed by atoms with Crippen molar-refractivity contribution in [2.45, 2.75) is 63.3 Å². The first kappa shape index (κ1) is 23.1. The molecule has 7 heteroatoms. The SMILES string of the molecule is COc1ccc2cc3n(c2c1)C[C@](C)(C(=O)NC[C@H]1CCCO1)N([C@@H]1CCCc2ccccc21)C3=O. The van der Waals surface area contributed by atoms with Gasteiger partial charge in [0.1, 0.15) is 17.0 Å². The quantitative estimate of drug-likeness (QED) is 0.584. The van der Waals surface area contributed by atoms with Gasteiger partial charge in [-0.15, -0.1) is 0 Å². The Kier molecular flexibility index (Phi) is 5.75. The molecule has 0 unspecified atom stereocenters. The smallest absolute Gasteiger partial charge is 0.271 e. The van der Waals surface area contributed by atoms with E-state index in [0.717, 1.165) is 60.9 Å². The summed E-state index contributed by atoms with van der Waals surface area (Å²) in [5.41, 5.74) is 2.87. The fourth-order valence-electron chi connectivity index (χ4n) is 6.31. The summed E-state index contributed by atoms with van der Waals surface area (Å²) in [6, 6.07) is 16.0. The normalized spacial score (nSPS) is 25.5. The van der Waals surface area contributed by atoms with Crippen molar-refractivity contribution in [2.75, 3.05) is 20.3 Å². The van der Waals surface area contributed by atoms with Gasteiger partial charge in [0, 0.05) is 24.6 Å². The number of amides is 2. The van der Waals surface area contributed by atoms with Crippen LogP contribution in [-0.2, 0) is 22.5 Å². The minimum absolute atomic E-state index is 0.0351. The number of aryl methyl sites for hydroxylation is 1. The maximum absolute atomic E-state index is 14.3. The third-order valence-corrected chi connectivity index (χ3v) is 8.20. The number of carbonyl (C=O) groups excluding carboxylic acids is 2. The van der Waals surface area contributed by atoms with E-state index in [2.05, 4.69) is 23.5 Å². The molecule has 0 bridgehead atoms. The lowest BCUT2D eigenvalue weighted by Gasteiger charge is -2.49. The topological polar surface area (TPSA) is 72.8 Å². The molecule has 3 heterocycles. The van der Waals surface area contributed by atoms with Crippen molar-refractivity contribution in [3.8, 4) is 5.75 Å². The van der Waals surface area contributed by atoms with Crippen molar-refractivity contribution < 1.29 is 19.1 Å². The number of ether oxygens (including phenoxy) is 2. The molecule has 0 radical (unpaired) electrons. The Hall–Kier alpha value is -3.32. The predicted octanol–water partition coefficient (Wildman–Crippen LogP) is 4.24. The van der Waals surface area contributed by atoms with Crippen LogP contribution in [0.5, 0.6) is 5.75 Å². The minimum atomic E-state index is -1.06. The van der Waals surface area contributed by atoms with Gasteiger partial charge in [-0.05, 0) is 68.4 Å². The molecule has 2 aliphatic heterocycles. The molecule has 1 N–H and O–H groups in total. The van der Waals surface area contributed by atoms with E-state index in [9.17, 15) is 9.59 Å². The van der Waals surface area contributed by atoms with Crippen molar-refractivity contribution in [3.05, 3.63) is 65.4 Å². The number of carbonyl (C=O) groups is 2. The second kappa shape index (κ2) is 8.96. The summed E-state index contributed by atoms with van der Waals surface area (Å²) in [6.07, 6.45) is 4.82. The van der Waals surface area contributed by atoms with E-state index in [1.165, 1.54) is 5.56 Å². The van der Waals surface area contributed by atoms with Crippen LogP contribution in [0.15, 0.2) is 48.5 Å².